The van der Waals surface area contributed by atoms with Gasteiger partial charge >= 0.3 is 0 Å². The number of fused-ring (bicyclic) bond motifs is 1. The molecule has 2 heterocycles. The van der Waals surface area contributed by atoms with Crippen molar-refractivity contribution in [2.75, 3.05) is 6.54 Å². The van der Waals surface area contributed by atoms with Crippen LogP contribution in [0.15, 0.2) is 91.3 Å². The molecule has 1 aliphatic heterocycles. The van der Waals surface area contributed by atoms with Crippen molar-refractivity contribution in [3.63, 3.8) is 0 Å². The van der Waals surface area contributed by atoms with Crippen LogP contribution >= 0.6 is 0 Å². The summed E-state index contributed by atoms with van der Waals surface area (Å²) >= 11 is 0. The number of benzene rings is 3. The smallest absolute Gasteiger partial charge is 0.256 e. The first-order valence-corrected chi connectivity index (χ1v) is 13.2. The van der Waals surface area contributed by atoms with Crippen LogP contribution in [0, 0.1) is 0 Å². The van der Waals surface area contributed by atoms with Gasteiger partial charge in [0.1, 0.15) is 6.73 Å². The molecule has 1 amide bonds. The van der Waals surface area contributed by atoms with E-state index in [1.807, 2.05) is 76.2 Å². The summed E-state index contributed by atoms with van der Waals surface area (Å²) in [7, 11) is 0. The lowest BCUT2D eigenvalue weighted by Gasteiger charge is -2.23. The topological polar surface area (TPSA) is 47.4 Å². The van der Waals surface area contributed by atoms with E-state index in [1.165, 1.54) is 5.56 Å². The molecule has 5 nitrogen and oxygen atoms in total. The molecule has 0 radical (unpaired) electrons. The van der Waals surface area contributed by atoms with Gasteiger partial charge in [0.25, 0.3) is 5.91 Å². The number of ether oxygens (including phenoxy) is 1. The number of hydrogen-bond donors (Lipinski definition) is 0. The van der Waals surface area contributed by atoms with E-state index in [1.54, 1.807) is 6.33 Å². The van der Waals surface area contributed by atoms with Gasteiger partial charge in [0.2, 0.25) is 0 Å². The Hall–Kier alpha value is -3.96. The molecule has 0 atom stereocenters. The highest BCUT2D eigenvalue weighted by Crippen LogP contribution is 2.29. The van der Waals surface area contributed by atoms with E-state index in [-0.39, 0.29) is 11.3 Å². The highest BCUT2D eigenvalue weighted by atomic mass is 16.5. The summed E-state index contributed by atoms with van der Waals surface area (Å²) in [6, 6.07) is 28.7. The zero-order chi connectivity index (χ0) is 26.5. The lowest BCUT2D eigenvalue weighted by atomic mass is 9.87. The van der Waals surface area contributed by atoms with E-state index in [0.717, 1.165) is 28.1 Å². The first-order valence-electron chi connectivity index (χ1n) is 13.2. The Morgan fingerprint density at radius 2 is 1.58 bits per heavy atom. The monoisotopic (exact) mass is 505 g/mol. The van der Waals surface area contributed by atoms with Crippen LogP contribution in [0.5, 0.6) is 0 Å². The van der Waals surface area contributed by atoms with Crippen LogP contribution in [0.1, 0.15) is 54.4 Å². The molecule has 5 heteroatoms. The van der Waals surface area contributed by atoms with Gasteiger partial charge in [-0.05, 0) is 33.7 Å². The van der Waals surface area contributed by atoms with Crippen molar-refractivity contribution in [2.45, 2.75) is 52.5 Å². The van der Waals surface area contributed by atoms with Gasteiger partial charge in [0.05, 0.1) is 29.9 Å². The molecule has 38 heavy (non-hydrogen) atoms. The third kappa shape index (κ3) is 5.95. The molecular weight excluding hydrogens is 470 g/mol. The van der Waals surface area contributed by atoms with Crippen molar-refractivity contribution in [1.29, 1.82) is 0 Å². The van der Waals surface area contributed by atoms with Gasteiger partial charge in [-0.25, -0.2) is 4.98 Å². The third-order valence-electron chi connectivity index (χ3n) is 6.95. The van der Waals surface area contributed by atoms with Crippen molar-refractivity contribution in [1.82, 2.24) is 14.5 Å². The van der Waals surface area contributed by atoms with E-state index in [2.05, 4.69) is 45.0 Å². The number of imidazole rings is 1. The predicted molar refractivity (Wildman–Crippen MR) is 152 cm³/mol. The second-order valence-electron chi connectivity index (χ2n) is 10.9. The predicted octanol–water partition coefficient (Wildman–Crippen LogP) is 6.48. The summed E-state index contributed by atoms with van der Waals surface area (Å²) in [5.74, 6) is 0.0114. The molecule has 0 fully saturated rings. The van der Waals surface area contributed by atoms with Crippen molar-refractivity contribution in [3.8, 4) is 0 Å². The summed E-state index contributed by atoms with van der Waals surface area (Å²) in [5.41, 5.74) is 7.02. The Balaban J connectivity index is 1.42. The Bertz CT molecular complexity index is 1400. The standard InChI is InChI=1S/C33H35N3O2/c1-33(2,3)28-16-14-26(15-17-28)21-35-19-18-30-31(29(32(35)37)20-25-10-6-4-7-11-25)36(23-34-30)24-38-22-27-12-8-5-9-13-27/h4-17,20,23H,18-19,21-22,24H2,1-3H3/b29-20-. The number of rotatable bonds is 7. The van der Waals surface area contributed by atoms with Crippen LogP contribution in [0.3, 0.4) is 0 Å². The second kappa shape index (κ2) is 11.2. The SMILES string of the molecule is CC(C)(C)c1ccc(CN2CCc3ncn(COCc4ccccc4)c3/C(=C/c3ccccc3)C2=O)cc1. The Labute approximate surface area is 225 Å². The molecule has 0 bridgehead atoms. The molecule has 1 aromatic heterocycles. The second-order valence-corrected chi connectivity index (χ2v) is 10.9. The van der Waals surface area contributed by atoms with Crippen molar-refractivity contribution < 1.29 is 9.53 Å². The first-order chi connectivity index (χ1) is 18.4. The lowest BCUT2D eigenvalue weighted by molar-refractivity contribution is -0.125. The molecule has 5 rings (SSSR count). The van der Waals surface area contributed by atoms with Gasteiger partial charge in [-0.3, -0.25) is 4.79 Å². The maximum atomic E-state index is 14.1. The van der Waals surface area contributed by atoms with Crippen molar-refractivity contribution in [3.05, 3.63) is 125 Å². The van der Waals surface area contributed by atoms with Crippen LogP contribution in [-0.4, -0.2) is 26.9 Å². The lowest BCUT2D eigenvalue weighted by Crippen LogP contribution is -2.31. The van der Waals surface area contributed by atoms with Gasteiger partial charge in [-0.2, -0.15) is 0 Å². The number of aromatic nitrogens is 2. The molecular formula is C33H35N3O2. The molecule has 4 aromatic rings. The van der Waals surface area contributed by atoms with Crippen molar-refractivity contribution in [2.24, 2.45) is 0 Å². The number of carbonyl (C=O) groups is 1. The van der Waals surface area contributed by atoms with Crippen LogP contribution in [0.4, 0.5) is 0 Å². The number of nitrogens with zero attached hydrogens (tertiary/aromatic N) is 3. The van der Waals surface area contributed by atoms with Crippen molar-refractivity contribution >= 4 is 17.6 Å². The quantitative estimate of drug-likeness (QED) is 0.270. The van der Waals surface area contributed by atoms with E-state index >= 15 is 0 Å². The highest BCUT2D eigenvalue weighted by molar-refractivity contribution is 6.24. The number of hydrogen-bond acceptors (Lipinski definition) is 3. The minimum atomic E-state index is 0.0114. The number of amides is 1. The largest absolute Gasteiger partial charge is 0.356 e. The molecule has 0 spiro atoms. The Morgan fingerprint density at radius 3 is 2.26 bits per heavy atom. The maximum absolute atomic E-state index is 14.1. The Morgan fingerprint density at radius 1 is 0.895 bits per heavy atom. The van der Waals surface area contributed by atoms with Crippen LogP contribution < -0.4 is 0 Å². The molecule has 0 aliphatic carbocycles. The van der Waals surface area contributed by atoms with Gasteiger partial charge in [0, 0.05) is 19.5 Å². The third-order valence-corrected chi connectivity index (χ3v) is 6.95. The van der Waals surface area contributed by atoms with Gasteiger partial charge in [0.15, 0.2) is 0 Å². The fourth-order valence-electron chi connectivity index (χ4n) is 4.79. The summed E-state index contributed by atoms with van der Waals surface area (Å²) in [6.45, 7) is 8.63. The zero-order valence-electron chi connectivity index (χ0n) is 22.4. The molecule has 0 N–H and O–H groups in total. The molecule has 3 aromatic carbocycles. The van der Waals surface area contributed by atoms with E-state index in [4.69, 9.17) is 9.72 Å². The summed E-state index contributed by atoms with van der Waals surface area (Å²) in [5, 5.41) is 0. The number of carbonyl (C=O) groups excluding carboxylic acids is 1. The fraction of sp³-hybridized carbons (Fsp3) is 0.273. The van der Waals surface area contributed by atoms with Gasteiger partial charge in [-0.1, -0.05) is 106 Å². The highest BCUT2D eigenvalue weighted by Gasteiger charge is 2.29. The molecule has 1 aliphatic rings. The molecule has 0 unspecified atom stereocenters. The molecule has 0 saturated carbocycles. The molecule has 0 saturated heterocycles. The van der Waals surface area contributed by atoms with E-state index < -0.39 is 0 Å². The van der Waals surface area contributed by atoms with Gasteiger partial charge < -0.3 is 14.2 Å². The normalized spacial score (nSPS) is 15.0. The molecule has 194 valence electrons. The Kier molecular flexibility index (Phi) is 7.57. The minimum absolute atomic E-state index is 0.0114. The van der Waals surface area contributed by atoms with Gasteiger partial charge in [-0.15, -0.1) is 0 Å². The summed E-state index contributed by atoms with van der Waals surface area (Å²) in [6.07, 6.45) is 4.47. The van der Waals surface area contributed by atoms with Crippen LogP contribution in [0.2, 0.25) is 0 Å². The summed E-state index contributed by atoms with van der Waals surface area (Å²) < 4.78 is 8.00. The van der Waals surface area contributed by atoms with Crippen LogP contribution in [0.25, 0.3) is 11.6 Å². The average molecular weight is 506 g/mol. The fourth-order valence-corrected chi connectivity index (χ4v) is 4.79. The zero-order valence-corrected chi connectivity index (χ0v) is 22.4. The average Bonchev–Trinajstić information content (AvgIpc) is 3.27. The first kappa shape index (κ1) is 25.7. The maximum Gasteiger partial charge on any atom is 0.256 e. The van der Waals surface area contributed by atoms with E-state index in [9.17, 15) is 4.79 Å². The minimum Gasteiger partial charge on any atom is -0.356 e. The summed E-state index contributed by atoms with van der Waals surface area (Å²) in [4.78, 5) is 20.7. The van der Waals surface area contributed by atoms with E-state index in [0.29, 0.717) is 38.4 Å². The van der Waals surface area contributed by atoms with Crippen LogP contribution in [-0.2, 0) is 41.2 Å².